The second kappa shape index (κ2) is 5.54. The number of carbonyl (C=O) groups is 1. The first kappa shape index (κ1) is 13.1. The Hall–Kier alpha value is -1.33. The highest BCUT2D eigenvalue weighted by molar-refractivity contribution is 5.92. The number of primary amides is 1. The summed E-state index contributed by atoms with van der Waals surface area (Å²) in [6, 6.07) is 2.43. The van der Waals surface area contributed by atoms with Gasteiger partial charge in [0, 0.05) is 44.7 Å². The summed E-state index contributed by atoms with van der Waals surface area (Å²) in [4.78, 5) is 13.5. The van der Waals surface area contributed by atoms with Crippen LogP contribution in [0.4, 0.5) is 0 Å². The standard InChI is InChI=1S/C13H21N3O2/c1-15-8-10(13(14)17)7-12(15)9-16(2)11-3-5-18-6-4-11/h7-8,11H,3-6,9H2,1-2H3,(H2,14,17). The number of aryl methyl sites for hydroxylation is 1. The summed E-state index contributed by atoms with van der Waals surface area (Å²) in [6.45, 7) is 2.51. The molecule has 0 saturated carbocycles. The van der Waals surface area contributed by atoms with Crippen LogP contribution in [0.2, 0.25) is 0 Å². The molecule has 0 spiro atoms. The van der Waals surface area contributed by atoms with Gasteiger partial charge in [-0.25, -0.2) is 0 Å². The highest BCUT2D eigenvalue weighted by atomic mass is 16.5. The Morgan fingerprint density at radius 1 is 1.56 bits per heavy atom. The average Bonchev–Trinajstić information content (AvgIpc) is 2.72. The molecule has 1 aliphatic rings. The Morgan fingerprint density at radius 2 is 2.22 bits per heavy atom. The summed E-state index contributed by atoms with van der Waals surface area (Å²) in [6.07, 6.45) is 3.93. The smallest absolute Gasteiger partial charge is 0.250 e. The number of hydrogen-bond donors (Lipinski definition) is 1. The Labute approximate surface area is 108 Å². The van der Waals surface area contributed by atoms with E-state index in [2.05, 4.69) is 11.9 Å². The van der Waals surface area contributed by atoms with Crippen molar-refractivity contribution < 1.29 is 9.53 Å². The summed E-state index contributed by atoms with van der Waals surface area (Å²) >= 11 is 0. The molecular weight excluding hydrogens is 230 g/mol. The van der Waals surface area contributed by atoms with Gasteiger partial charge >= 0.3 is 0 Å². The van der Waals surface area contributed by atoms with Crippen molar-refractivity contribution in [2.45, 2.75) is 25.4 Å². The second-order valence-corrected chi connectivity index (χ2v) is 4.95. The van der Waals surface area contributed by atoms with Crippen LogP contribution >= 0.6 is 0 Å². The predicted octanol–water partition coefficient (Wildman–Crippen LogP) is 0.735. The zero-order valence-corrected chi connectivity index (χ0v) is 11.1. The van der Waals surface area contributed by atoms with E-state index in [9.17, 15) is 4.79 Å². The number of ether oxygens (including phenoxy) is 1. The molecule has 18 heavy (non-hydrogen) atoms. The highest BCUT2D eigenvalue weighted by Crippen LogP contribution is 2.16. The second-order valence-electron chi connectivity index (χ2n) is 4.95. The third kappa shape index (κ3) is 2.91. The Balaban J connectivity index is 2.01. The molecule has 0 bridgehead atoms. The first-order chi connectivity index (χ1) is 8.58. The van der Waals surface area contributed by atoms with Crippen LogP contribution in [0.5, 0.6) is 0 Å². The summed E-state index contributed by atoms with van der Waals surface area (Å²) < 4.78 is 7.33. The molecular formula is C13H21N3O2. The maximum Gasteiger partial charge on any atom is 0.250 e. The fourth-order valence-corrected chi connectivity index (χ4v) is 2.41. The molecule has 0 aliphatic carbocycles. The van der Waals surface area contributed by atoms with Crippen LogP contribution in [-0.4, -0.2) is 41.7 Å². The van der Waals surface area contributed by atoms with Crippen LogP contribution < -0.4 is 5.73 Å². The van der Waals surface area contributed by atoms with E-state index in [1.807, 2.05) is 17.7 Å². The van der Waals surface area contributed by atoms with Gasteiger partial charge in [0.2, 0.25) is 5.91 Å². The minimum Gasteiger partial charge on any atom is -0.381 e. The fourth-order valence-electron chi connectivity index (χ4n) is 2.41. The van der Waals surface area contributed by atoms with Crippen molar-refractivity contribution in [2.24, 2.45) is 12.8 Å². The van der Waals surface area contributed by atoms with E-state index in [1.165, 1.54) is 0 Å². The van der Waals surface area contributed by atoms with Crippen LogP contribution in [0.1, 0.15) is 28.9 Å². The number of carbonyl (C=O) groups excluding carboxylic acids is 1. The van der Waals surface area contributed by atoms with Crippen molar-refractivity contribution in [3.8, 4) is 0 Å². The Morgan fingerprint density at radius 3 is 2.78 bits per heavy atom. The summed E-state index contributed by atoms with van der Waals surface area (Å²) in [5.41, 5.74) is 6.97. The fraction of sp³-hybridized carbons (Fsp3) is 0.615. The minimum absolute atomic E-state index is 0.370. The molecule has 1 aliphatic heterocycles. The lowest BCUT2D eigenvalue weighted by molar-refractivity contribution is 0.0401. The van der Waals surface area contributed by atoms with Crippen LogP contribution in [0.3, 0.4) is 0 Å². The van der Waals surface area contributed by atoms with E-state index in [4.69, 9.17) is 10.5 Å². The van der Waals surface area contributed by atoms with E-state index in [0.29, 0.717) is 11.6 Å². The van der Waals surface area contributed by atoms with Gasteiger partial charge in [0.1, 0.15) is 0 Å². The highest BCUT2D eigenvalue weighted by Gasteiger charge is 2.19. The van der Waals surface area contributed by atoms with Crippen LogP contribution in [0.25, 0.3) is 0 Å². The first-order valence-electron chi connectivity index (χ1n) is 6.31. The number of nitrogens with two attached hydrogens (primary N) is 1. The van der Waals surface area contributed by atoms with Crippen molar-refractivity contribution >= 4 is 5.91 Å². The molecule has 0 aromatic carbocycles. The van der Waals surface area contributed by atoms with Crippen molar-refractivity contribution in [1.29, 1.82) is 0 Å². The van der Waals surface area contributed by atoms with Gasteiger partial charge in [0.15, 0.2) is 0 Å². The number of amides is 1. The maximum absolute atomic E-state index is 11.1. The molecule has 0 radical (unpaired) electrons. The molecule has 5 heteroatoms. The lowest BCUT2D eigenvalue weighted by Crippen LogP contribution is -2.36. The third-order valence-corrected chi connectivity index (χ3v) is 3.62. The van der Waals surface area contributed by atoms with Crippen molar-refractivity contribution in [3.63, 3.8) is 0 Å². The zero-order chi connectivity index (χ0) is 13.1. The van der Waals surface area contributed by atoms with Crippen molar-refractivity contribution in [1.82, 2.24) is 9.47 Å². The van der Waals surface area contributed by atoms with Crippen LogP contribution in [0.15, 0.2) is 12.3 Å². The average molecular weight is 251 g/mol. The summed E-state index contributed by atoms with van der Waals surface area (Å²) in [5, 5.41) is 0. The zero-order valence-electron chi connectivity index (χ0n) is 11.1. The van der Waals surface area contributed by atoms with Gasteiger partial charge in [-0.15, -0.1) is 0 Å². The number of aromatic nitrogens is 1. The molecule has 5 nitrogen and oxygen atoms in total. The lowest BCUT2D eigenvalue weighted by atomic mass is 10.1. The maximum atomic E-state index is 11.1. The first-order valence-corrected chi connectivity index (χ1v) is 6.31. The molecule has 0 atom stereocenters. The van der Waals surface area contributed by atoms with Crippen LogP contribution in [0, 0.1) is 0 Å². The molecule has 2 N–H and O–H groups in total. The third-order valence-electron chi connectivity index (χ3n) is 3.62. The van der Waals surface area contributed by atoms with Crippen LogP contribution in [-0.2, 0) is 18.3 Å². The van der Waals surface area contributed by atoms with E-state index in [-0.39, 0.29) is 5.91 Å². The van der Waals surface area contributed by atoms with E-state index >= 15 is 0 Å². The normalized spacial score (nSPS) is 17.3. The van der Waals surface area contributed by atoms with Crippen molar-refractivity contribution in [2.75, 3.05) is 20.3 Å². The van der Waals surface area contributed by atoms with Gasteiger partial charge in [-0.1, -0.05) is 0 Å². The lowest BCUT2D eigenvalue weighted by Gasteiger charge is -2.31. The van der Waals surface area contributed by atoms with Crippen molar-refractivity contribution in [3.05, 3.63) is 23.5 Å². The minimum atomic E-state index is -0.370. The van der Waals surface area contributed by atoms with E-state index in [0.717, 1.165) is 38.3 Å². The monoisotopic (exact) mass is 251 g/mol. The Kier molecular flexibility index (Phi) is 4.04. The molecule has 1 aromatic heterocycles. The quantitative estimate of drug-likeness (QED) is 0.858. The molecule has 1 aromatic rings. The van der Waals surface area contributed by atoms with Gasteiger partial charge in [0.05, 0.1) is 5.56 Å². The van der Waals surface area contributed by atoms with Gasteiger partial charge in [-0.3, -0.25) is 9.69 Å². The van der Waals surface area contributed by atoms with Gasteiger partial charge in [-0.05, 0) is 26.0 Å². The van der Waals surface area contributed by atoms with E-state index in [1.54, 1.807) is 6.20 Å². The topological polar surface area (TPSA) is 60.5 Å². The predicted molar refractivity (Wildman–Crippen MR) is 69.2 cm³/mol. The van der Waals surface area contributed by atoms with Gasteiger partial charge < -0.3 is 15.0 Å². The number of rotatable bonds is 4. The molecule has 2 heterocycles. The number of nitrogens with zero attached hydrogens (tertiary/aromatic N) is 2. The molecule has 100 valence electrons. The molecule has 2 rings (SSSR count). The molecule has 1 fully saturated rings. The Bertz CT molecular complexity index is 422. The molecule has 1 saturated heterocycles. The largest absolute Gasteiger partial charge is 0.381 e. The SMILES string of the molecule is CN(Cc1cc(C(N)=O)cn1C)C1CCOCC1. The summed E-state index contributed by atoms with van der Waals surface area (Å²) in [7, 11) is 4.06. The summed E-state index contributed by atoms with van der Waals surface area (Å²) in [5.74, 6) is -0.370. The van der Waals surface area contributed by atoms with E-state index < -0.39 is 0 Å². The molecule has 1 amide bonds. The molecule has 0 unspecified atom stereocenters. The van der Waals surface area contributed by atoms with Gasteiger partial charge in [0.25, 0.3) is 0 Å². The van der Waals surface area contributed by atoms with Gasteiger partial charge in [-0.2, -0.15) is 0 Å². The number of hydrogen-bond acceptors (Lipinski definition) is 3.